The number of benzene rings is 10. The summed E-state index contributed by atoms with van der Waals surface area (Å²) in [5, 5.41) is 10.2. The molecule has 0 spiro atoms. The Bertz CT molecular complexity index is 3250. The molecule has 0 fully saturated rings. The molecule has 56 heavy (non-hydrogen) atoms. The van der Waals surface area contributed by atoms with Crippen molar-refractivity contribution in [3.05, 3.63) is 212 Å². The lowest BCUT2D eigenvalue weighted by Crippen LogP contribution is -2.10. The Morgan fingerprint density at radius 2 is 0.839 bits per heavy atom. The summed E-state index contributed by atoms with van der Waals surface area (Å²) >= 11 is 1.86. The van der Waals surface area contributed by atoms with Crippen LogP contribution in [0.15, 0.2) is 212 Å². The first-order valence-corrected chi connectivity index (χ1v) is 20.0. The third-order valence-corrected chi connectivity index (χ3v) is 12.4. The van der Waals surface area contributed by atoms with Gasteiger partial charge in [-0.05, 0) is 114 Å². The maximum absolute atomic E-state index is 2.40. The Labute approximate surface area is 330 Å². The summed E-state index contributed by atoms with van der Waals surface area (Å²) in [4.78, 5) is 2.40. The lowest BCUT2D eigenvalue weighted by molar-refractivity contribution is 1.29. The molecule has 0 saturated heterocycles. The van der Waals surface area contributed by atoms with Crippen LogP contribution in [-0.4, -0.2) is 0 Å². The van der Waals surface area contributed by atoms with Crippen molar-refractivity contribution in [2.45, 2.75) is 0 Å². The standard InChI is InChI=1S/C54H35NS/c1-2-11-41-33-42(24-23-36(41)9-1)39-21-19-37(20-22-39)38-25-28-44(29-26-38)55(46-30-32-52-51-15-5-6-18-53(51)56-54(52)35-46)45-13-7-12-43(34-45)48-16-8-17-49-47-14-4-3-10-40(47)27-31-50(48)49/h1-35H. The van der Waals surface area contributed by atoms with E-state index in [1.807, 2.05) is 11.3 Å². The molecule has 1 nitrogen and oxygen atoms in total. The van der Waals surface area contributed by atoms with Gasteiger partial charge in [0.1, 0.15) is 0 Å². The number of nitrogens with zero attached hydrogens (tertiary/aromatic N) is 1. The van der Waals surface area contributed by atoms with Crippen molar-refractivity contribution in [1.29, 1.82) is 0 Å². The summed E-state index contributed by atoms with van der Waals surface area (Å²) in [5.41, 5.74) is 10.6. The van der Waals surface area contributed by atoms with Crippen LogP contribution in [0, 0.1) is 0 Å². The molecule has 0 atom stereocenters. The van der Waals surface area contributed by atoms with E-state index in [4.69, 9.17) is 0 Å². The highest BCUT2D eigenvalue weighted by Gasteiger charge is 2.17. The smallest absolute Gasteiger partial charge is 0.0476 e. The van der Waals surface area contributed by atoms with Gasteiger partial charge in [0, 0.05) is 37.2 Å². The fraction of sp³-hybridized carbons (Fsp3) is 0. The van der Waals surface area contributed by atoms with Gasteiger partial charge in [-0.1, -0.05) is 164 Å². The van der Waals surface area contributed by atoms with Crippen LogP contribution in [0.4, 0.5) is 17.1 Å². The lowest BCUT2D eigenvalue weighted by atomic mass is 9.94. The minimum atomic E-state index is 1.11. The molecule has 262 valence electrons. The van der Waals surface area contributed by atoms with E-state index in [9.17, 15) is 0 Å². The highest BCUT2D eigenvalue weighted by Crippen LogP contribution is 2.43. The lowest BCUT2D eigenvalue weighted by Gasteiger charge is -2.26. The maximum atomic E-state index is 2.40. The third kappa shape index (κ3) is 5.62. The van der Waals surface area contributed by atoms with Crippen molar-refractivity contribution < 1.29 is 0 Å². The fourth-order valence-electron chi connectivity index (χ4n) is 8.43. The summed E-state index contributed by atoms with van der Waals surface area (Å²) in [5.74, 6) is 0. The van der Waals surface area contributed by atoms with E-state index in [0.717, 1.165) is 17.1 Å². The predicted octanol–water partition coefficient (Wildman–Crippen LogP) is 16.0. The van der Waals surface area contributed by atoms with E-state index in [-0.39, 0.29) is 0 Å². The Morgan fingerprint density at radius 1 is 0.268 bits per heavy atom. The molecular formula is C54H35NS. The summed E-state index contributed by atoms with van der Waals surface area (Å²) in [6.07, 6.45) is 0. The summed E-state index contributed by atoms with van der Waals surface area (Å²) in [6, 6.07) is 77.8. The number of thiophene rings is 1. The van der Waals surface area contributed by atoms with E-state index in [1.54, 1.807) is 0 Å². The van der Waals surface area contributed by atoms with E-state index >= 15 is 0 Å². The zero-order valence-electron chi connectivity index (χ0n) is 30.6. The molecule has 10 aromatic carbocycles. The largest absolute Gasteiger partial charge is 0.310 e. The Balaban J connectivity index is 0.995. The molecule has 0 unspecified atom stereocenters. The van der Waals surface area contributed by atoms with Crippen molar-refractivity contribution in [1.82, 2.24) is 0 Å². The van der Waals surface area contributed by atoms with Gasteiger partial charge >= 0.3 is 0 Å². The van der Waals surface area contributed by atoms with Gasteiger partial charge in [0.15, 0.2) is 0 Å². The van der Waals surface area contributed by atoms with Gasteiger partial charge < -0.3 is 4.90 Å². The Kier molecular flexibility index (Phi) is 7.75. The van der Waals surface area contributed by atoms with E-state index in [0.29, 0.717) is 0 Å². The normalized spacial score (nSPS) is 11.6. The van der Waals surface area contributed by atoms with Crippen LogP contribution in [0.1, 0.15) is 0 Å². The third-order valence-electron chi connectivity index (χ3n) is 11.2. The molecule has 0 saturated carbocycles. The van der Waals surface area contributed by atoms with Gasteiger partial charge in [-0.15, -0.1) is 11.3 Å². The van der Waals surface area contributed by atoms with Crippen LogP contribution in [0.2, 0.25) is 0 Å². The van der Waals surface area contributed by atoms with Crippen molar-refractivity contribution in [3.63, 3.8) is 0 Å². The predicted molar refractivity (Wildman–Crippen MR) is 243 cm³/mol. The monoisotopic (exact) mass is 729 g/mol. The second-order valence-electron chi connectivity index (χ2n) is 14.5. The number of fused-ring (bicyclic) bond motifs is 7. The van der Waals surface area contributed by atoms with Gasteiger partial charge in [0.05, 0.1) is 0 Å². The van der Waals surface area contributed by atoms with Gasteiger partial charge in [-0.3, -0.25) is 0 Å². The number of rotatable bonds is 6. The fourth-order valence-corrected chi connectivity index (χ4v) is 9.57. The number of hydrogen-bond donors (Lipinski definition) is 0. The summed E-state index contributed by atoms with van der Waals surface area (Å²) in [6.45, 7) is 0. The molecule has 0 aliphatic rings. The van der Waals surface area contributed by atoms with E-state index in [2.05, 4.69) is 217 Å². The minimum Gasteiger partial charge on any atom is -0.310 e. The number of hydrogen-bond acceptors (Lipinski definition) is 2. The summed E-state index contributed by atoms with van der Waals surface area (Å²) < 4.78 is 2.60. The first-order valence-electron chi connectivity index (χ1n) is 19.2. The molecule has 1 heterocycles. The van der Waals surface area contributed by atoms with Gasteiger partial charge in [0.2, 0.25) is 0 Å². The quantitative estimate of drug-likeness (QED) is 0.154. The van der Waals surface area contributed by atoms with Crippen LogP contribution in [0.5, 0.6) is 0 Å². The molecule has 11 rings (SSSR count). The molecule has 0 radical (unpaired) electrons. The first-order chi connectivity index (χ1) is 27.7. The minimum absolute atomic E-state index is 1.11. The zero-order chi connectivity index (χ0) is 37.0. The average Bonchev–Trinajstić information content (AvgIpc) is 3.64. The number of anilines is 3. The average molecular weight is 730 g/mol. The zero-order valence-corrected chi connectivity index (χ0v) is 31.4. The molecular weight excluding hydrogens is 695 g/mol. The van der Waals surface area contributed by atoms with E-state index in [1.165, 1.54) is 85.9 Å². The molecule has 0 aliphatic heterocycles. The molecule has 0 bridgehead atoms. The Hall–Kier alpha value is -7.00. The van der Waals surface area contributed by atoms with Crippen LogP contribution in [0.25, 0.3) is 85.9 Å². The molecule has 0 amide bonds. The molecule has 0 N–H and O–H groups in total. The van der Waals surface area contributed by atoms with Gasteiger partial charge in [-0.25, -0.2) is 0 Å². The second kappa shape index (κ2) is 13.4. The van der Waals surface area contributed by atoms with Crippen LogP contribution >= 0.6 is 11.3 Å². The summed E-state index contributed by atoms with van der Waals surface area (Å²) in [7, 11) is 0. The van der Waals surface area contributed by atoms with Crippen molar-refractivity contribution in [2.75, 3.05) is 4.90 Å². The van der Waals surface area contributed by atoms with Crippen molar-refractivity contribution in [3.8, 4) is 33.4 Å². The molecule has 2 heteroatoms. The van der Waals surface area contributed by atoms with Gasteiger partial charge in [0.25, 0.3) is 0 Å². The van der Waals surface area contributed by atoms with Crippen molar-refractivity contribution >= 4 is 80.9 Å². The van der Waals surface area contributed by atoms with Gasteiger partial charge in [-0.2, -0.15) is 0 Å². The Morgan fingerprint density at radius 3 is 1.68 bits per heavy atom. The SMILES string of the molecule is c1cc(-c2cccc3c2ccc2ccccc23)cc(N(c2ccc(-c3ccc(-c4ccc5ccccc5c4)cc3)cc2)c2ccc3c(c2)sc2ccccc23)c1. The topological polar surface area (TPSA) is 3.24 Å². The van der Waals surface area contributed by atoms with Crippen molar-refractivity contribution in [2.24, 2.45) is 0 Å². The van der Waals surface area contributed by atoms with Crippen LogP contribution in [0.3, 0.4) is 0 Å². The van der Waals surface area contributed by atoms with E-state index < -0.39 is 0 Å². The molecule has 0 aliphatic carbocycles. The second-order valence-corrected chi connectivity index (χ2v) is 15.6. The highest BCUT2D eigenvalue weighted by molar-refractivity contribution is 7.25. The van der Waals surface area contributed by atoms with Crippen LogP contribution in [-0.2, 0) is 0 Å². The molecule has 1 aromatic heterocycles. The van der Waals surface area contributed by atoms with Crippen LogP contribution < -0.4 is 4.90 Å². The molecule has 11 aromatic rings. The highest BCUT2D eigenvalue weighted by atomic mass is 32.1. The first kappa shape index (κ1) is 32.4. The maximum Gasteiger partial charge on any atom is 0.0476 e.